The molecule has 3 nitrogen and oxygen atoms in total. The fourth-order valence-electron chi connectivity index (χ4n) is 0.988. The van der Waals surface area contributed by atoms with Crippen LogP contribution in [0.25, 0.3) is 0 Å². The molecule has 84 valence electrons. The van der Waals surface area contributed by atoms with Crippen molar-refractivity contribution < 1.29 is 9.59 Å². The summed E-state index contributed by atoms with van der Waals surface area (Å²) in [6.45, 7) is 3.58. The summed E-state index contributed by atoms with van der Waals surface area (Å²) in [6, 6.07) is 9.00. The minimum Gasteiger partial charge on any atom is -0.431 e. The van der Waals surface area contributed by atoms with Gasteiger partial charge in [0.15, 0.2) is 0 Å². The Balaban J connectivity index is 0.00000196. The van der Waals surface area contributed by atoms with Crippen molar-refractivity contribution in [2.45, 2.75) is 13.1 Å². The van der Waals surface area contributed by atoms with Gasteiger partial charge in [-0.1, -0.05) is 18.2 Å². The average Bonchev–Trinajstić information content (AvgIpc) is 2.14. The van der Waals surface area contributed by atoms with E-state index < -0.39 is 8.32 Å². The molecule has 0 saturated carbocycles. The van der Waals surface area contributed by atoms with Crippen LogP contribution in [-0.4, -0.2) is 25.2 Å². The van der Waals surface area contributed by atoms with Crippen LogP contribution in [0.15, 0.2) is 30.3 Å². The van der Waals surface area contributed by atoms with E-state index in [1.165, 1.54) is 0 Å². The number of nitrogens with one attached hydrogen (secondary N) is 1. The maximum atomic E-state index is 11.5. The molecule has 5 heteroatoms. The maximum absolute atomic E-state index is 11.5. The minimum atomic E-state index is -2.18. The van der Waals surface area contributed by atoms with E-state index in [9.17, 15) is 9.59 Å². The van der Waals surface area contributed by atoms with Crippen molar-refractivity contribution in [3.63, 3.8) is 0 Å². The number of carbonyl (C=O) groups excluding carboxylic acids is 1. The Hall–Kier alpha value is -0.843. The predicted octanol–water partition coefficient (Wildman–Crippen LogP) is 1.57. The fourth-order valence-corrected chi connectivity index (χ4v) is 1.58. The highest BCUT2D eigenvalue weighted by Gasteiger charge is 2.17. The smallest absolute Gasteiger partial charge is 0.251 e. The normalized spacial score (nSPS) is 10.3. The first kappa shape index (κ1) is 14.2. The molecule has 0 bridgehead atoms. The summed E-state index contributed by atoms with van der Waals surface area (Å²) in [4.78, 5) is 21.0. The van der Waals surface area contributed by atoms with Crippen LogP contribution in [0.1, 0.15) is 10.4 Å². The van der Waals surface area contributed by atoms with Gasteiger partial charge in [-0.15, -0.1) is 12.4 Å². The van der Waals surface area contributed by atoms with Gasteiger partial charge in [0.1, 0.15) is 0 Å². The quantitative estimate of drug-likeness (QED) is 0.795. The molecule has 1 rings (SSSR count). The largest absolute Gasteiger partial charge is 0.431 e. The average molecular weight is 246 g/mol. The number of halogens is 1. The summed E-state index contributed by atoms with van der Waals surface area (Å²) in [5, 5.41) is 2.71. The molecule has 0 radical (unpaired) electrons. The van der Waals surface area contributed by atoms with Gasteiger partial charge in [-0.05, 0) is 25.2 Å². The van der Waals surface area contributed by atoms with Crippen LogP contribution in [0.2, 0.25) is 13.1 Å². The second-order valence-electron chi connectivity index (χ2n) is 3.86. The van der Waals surface area contributed by atoms with Crippen molar-refractivity contribution in [2.24, 2.45) is 0 Å². The molecule has 0 unspecified atom stereocenters. The van der Waals surface area contributed by atoms with Crippen molar-refractivity contribution in [1.29, 1.82) is 0 Å². The summed E-state index contributed by atoms with van der Waals surface area (Å²) in [6.07, 6.45) is 0.390. The Kier molecular flexibility index (Phi) is 5.57. The zero-order chi connectivity index (χ0) is 10.6. The van der Waals surface area contributed by atoms with E-state index in [1.54, 1.807) is 25.2 Å². The molecule has 0 fully saturated rings. The van der Waals surface area contributed by atoms with Gasteiger partial charge >= 0.3 is 0 Å². The monoisotopic (exact) mass is 245 g/mol. The lowest BCUT2D eigenvalue weighted by Crippen LogP contribution is -2.42. The lowest BCUT2D eigenvalue weighted by atomic mass is 10.2. The molecular weight excluding hydrogens is 230 g/mol. The molecule has 0 aliphatic rings. The molecule has 1 amide bonds. The number of rotatable bonds is 3. The zero-order valence-corrected chi connectivity index (χ0v) is 10.7. The first-order valence-electron chi connectivity index (χ1n) is 4.55. The molecule has 0 aromatic heterocycles. The number of amides is 1. The molecule has 1 aromatic carbocycles. The lowest BCUT2D eigenvalue weighted by molar-refractivity contribution is 0.0958. The van der Waals surface area contributed by atoms with Gasteiger partial charge in [0.25, 0.3) is 5.91 Å². The van der Waals surface area contributed by atoms with E-state index in [-0.39, 0.29) is 18.3 Å². The van der Waals surface area contributed by atoms with Crippen LogP contribution in [0.5, 0.6) is 0 Å². The van der Waals surface area contributed by atoms with Crippen molar-refractivity contribution >= 4 is 26.6 Å². The molecular formula is C10H16ClNO2Si. The second kappa shape index (κ2) is 5.90. The van der Waals surface area contributed by atoms with E-state index in [0.717, 1.165) is 0 Å². The van der Waals surface area contributed by atoms with Crippen LogP contribution in [-0.2, 0) is 0 Å². The summed E-state index contributed by atoms with van der Waals surface area (Å²) in [5.41, 5.74) is 0.630. The molecule has 1 aromatic rings. The predicted molar refractivity (Wildman–Crippen MR) is 65.7 cm³/mol. The highest BCUT2D eigenvalue weighted by atomic mass is 35.5. The molecule has 0 heterocycles. The van der Waals surface area contributed by atoms with Crippen molar-refractivity contribution in [2.75, 3.05) is 6.17 Å². The SMILES string of the molecule is C[Si](C)(O)CNC(=O)c1ccccc1.Cl. The van der Waals surface area contributed by atoms with Crippen LogP contribution >= 0.6 is 12.4 Å². The van der Waals surface area contributed by atoms with Crippen LogP contribution in [0.3, 0.4) is 0 Å². The molecule has 0 saturated heterocycles. The van der Waals surface area contributed by atoms with E-state index in [0.29, 0.717) is 11.7 Å². The molecule has 0 atom stereocenters. The van der Waals surface area contributed by atoms with Gasteiger partial charge in [0.05, 0.1) is 0 Å². The van der Waals surface area contributed by atoms with Crippen LogP contribution in [0, 0.1) is 0 Å². The fraction of sp³-hybridized carbons (Fsp3) is 0.300. The third-order valence-corrected chi connectivity index (χ3v) is 2.76. The van der Waals surface area contributed by atoms with E-state index in [1.807, 2.05) is 18.2 Å². The zero-order valence-electron chi connectivity index (χ0n) is 8.86. The van der Waals surface area contributed by atoms with E-state index in [4.69, 9.17) is 0 Å². The highest BCUT2D eigenvalue weighted by Crippen LogP contribution is 1.99. The third-order valence-electron chi connectivity index (χ3n) is 1.72. The van der Waals surface area contributed by atoms with E-state index >= 15 is 0 Å². The second-order valence-corrected chi connectivity index (χ2v) is 7.84. The van der Waals surface area contributed by atoms with Crippen molar-refractivity contribution in [1.82, 2.24) is 5.32 Å². The number of hydrogen-bond donors (Lipinski definition) is 2. The molecule has 0 aliphatic heterocycles. The maximum Gasteiger partial charge on any atom is 0.251 e. The van der Waals surface area contributed by atoms with E-state index in [2.05, 4.69) is 5.32 Å². The van der Waals surface area contributed by atoms with Gasteiger partial charge < -0.3 is 10.1 Å². The Bertz CT molecular complexity index is 311. The van der Waals surface area contributed by atoms with Crippen LogP contribution in [0.4, 0.5) is 0 Å². The summed E-state index contributed by atoms with van der Waals surface area (Å²) in [7, 11) is -2.18. The van der Waals surface area contributed by atoms with Gasteiger partial charge in [-0.2, -0.15) is 0 Å². The van der Waals surface area contributed by atoms with Gasteiger partial charge in [-0.25, -0.2) is 0 Å². The number of benzene rings is 1. The Morgan fingerprint density at radius 2 is 1.87 bits per heavy atom. The number of carbonyl (C=O) groups is 1. The summed E-state index contributed by atoms with van der Waals surface area (Å²) >= 11 is 0. The summed E-state index contributed by atoms with van der Waals surface area (Å²) in [5.74, 6) is -0.125. The lowest BCUT2D eigenvalue weighted by Gasteiger charge is -2.14. The van der Waals surface area contributed by atoms with Crippen molar-refractivity contribution in [3.05, 3.63) is 35.9 Å². The third kappa shape index (κ3) is 5.56. The van der Waals surface area contributed by atoms with Crippen LogP contribution < -0.4 is 5.32 Å². The van der Waals surface area contributed by atoms with Gasteiger partial charge in [-0.3, -0.25) is 4.79 Å². The Morgan fingerprint density at radius 1 is 1.33 bits per heavy atom. The first-order valence-corrected chi connectivity index (χ1v) is 7.70. The summed E-state index contributed by atoms with van der Waals surface area (Å²) < 4.78 is 0. The topological polar surface area (TPSA) is 49.3 Å². The minimum absolute atomic E-state index is 0. The molecule has 0 spiro atoms. The Morgan fingerprint density at radius 3 is 2.33 bits per heavy atom. The van der Waals surface area contributed by atoms with Gasteiger partial charge in [0.2, 0.25) is 8.32 Å². The standard InChI is InChI=1S/C10H15NO2Si.ClH/c1-14(2,13)8-11-10(12)9-6-4-3-5-7-9;/h3-7,13H,8H2,1-2H3,(H,11,12);1H. The Labute approximate surface area is 97.1 Å². The molecule has 0 aliphatic carbocycles. The number of hydrogen-bond acceptors (Lipinski definition) is 2. The van der Waals surface area contributed by atoms with Crippen molar-refractivity contribution in [3.8, 4) is 0 Å². The first-order chi connectivity index (χ1) is 6.49. The molecule has 15 heavy (non-hydrogen) atoms. The van der Waals surface area contributed by atoms with Gasteiger partial charge in [0, 0.05) is 11.7 Å². The highest BCUT2D eigenvalue weighted by molar-refractivity contribution is 6.70. The molecule has 2 N–H and O–H groups in total.